The van der Waals surface area contributed by atoms with Gasteiger partial charge in [0.2, 0.25) is 5.91 Å². The van der Waals surface area contributed by atoms with Crippen molar-refractivity contribution < 1.29 is 24.5 Å². The first kappa shape index (κ1) is 94.9. The van der Waals surface area contributed by atoms with Gasteiger partial charge in [-0.1, -0.05) is 502 Å². The van der Waals surface area contributed by atoms with Crippen LogP contribution in [-0.2, 0) is 14.3 Å². The zero-order chi connectivity index (χ0) is 69.1. The Kier molecular flexibility index (Phi) is 85.2. The second kappa shape index (κ2) is 86.3. The van der Waals surface area contributed by atoms with Crippen molar-refractivity contribution in [1.82, 2.24) is 5.32 Å². The van der Waals surface area contributed by atoms with Gasteiger partial charge in [0, 0.05) is 12.8 Å². The number of amides is 1. The van der Waals surface area contributed by atoms with Crippen LogP contribution in [0, 0.1) is 0 Å². The van der Waals surface area contributed by atoms with Crippen molar-refractivity contribution in [2.45, 2.75) is 553 Å². The van der Waals surface area contributed by atoms with E-state index in [1.807, 2.05) is 0 Å². The second-order valence-corrected chi connectivity index (χ2v) is 31.7. The van der Waals surface area contributed by atoms with Crippen molar-refractivity contribution >= 4 is 11.9 Å². The number of ether oxygens (including phenoxy) is 1. The summed E-state index contributed by atoms with van der Waals surface area (Å²) >= 11 is 0. The summed E-state index contributed by atoms with van der Waals surface area (Å²) in [5, 5.41) is 23.5. The highest BCUT2D eigenvalue weighted by atomic mass is 16.5. The minimum absolute atomic E-state index is 0.0216. The van der Waals surface area contributed by atoms with E-state index in [1.165, 1.54) is 469 Å². The maximum absolute atomic E-state index is 12.6. The molecular formula is C90H179NO5. The van der Waals surface area contributed by atoms with Crippen molar-refractivity contribution in [2.24, 2.45) is 0 Å². The maximum atomic E-state index is 12.6. The van der Waals surface area contributed by atoms with E-state index in [2.05, 4.69) is 19.2 Å². The highest BCUT2D eigenvalue weighted by molar-refractivity contribution is 5.76. The third-order valence-electron chi connectivity index (χ3n) is 21.9. The van der Waals surface area contributed by atoms with E-state index in [-0.39, 0.29) is 18.5 Å². The Hall–Kier alpha value is -1.14. The van der Waals surface area contributed by atoms with E-state index in [0.29, 0.717) is 25.9 Å². The normalized spacial score (nSPS) is 12.3. The molecule has 0 rings (SSSR count). The monoisotopic (exact) mass is 1350 g/mol. The smallest absolute Gasteiger partial charge is 0.305 e. The standard InChI is InChI=1S/C90H179NO5/c1-3-5-7-9-11-13-15-17-19-21-22-23-24-42-45-48-51-54-58-62-66-70-74-78-82-88(93)87(86-92)91-89(94)83-79-75-71-67-63-59-55-52-49-46-43-40-38-36-34-32-30-28-26-25-27-29-31-33-35-37-39-41-44-47-50-53-57-61-65-69-73-77-81-85-96-90(95)84-80-76-72-68-64-60-56-20-18-16-14-12-10-8-6-4-2/h87-88,92-93H,3-86H2,1-2H3,(H,91,94). The molecule has 3 N–H and O–H groups in total. The SMILES string of the molecule is CCCCCCCCCCCCCCCCCCCCCCCCCCC(O)C(CO)NC(=O)CCCCCCCCCCCCCCCCCCCCCCCCCCCCCCCCCCCCCCCCCOC(=O)CCCCCCCCCCCCCCCCCC. The predicted octanol–water partition coefficient (Wildman–Crippen LogP) is 30.4. The average Bonchev–Trinajstić information content (AvgIpc) is 2.46. The van der Waals surface area contributed by atoms with Gasteiger partial charge in [-0.2, -0.15) is 0 Å². The van der Waals surface area contributed by atoms with Crippen molar-refractivity contribution in [1.29, 1.82) is 0 Å². The number of aliphatic hydroxyl groups excluding tert-OH is 2. The average molecular weight is 1360 g/mol. The van der Waals surface area contributed by atoms with E-state index in [1.54, 1.807) is 0 Å². The van der Waals surface area contributed by atoms with Crippen LogP contribution >= 0.6 is 0 Å². The molecule has 0 heterocycles. The minimum Gasteiger partial charge on any atom is -0.466 e. The fourth-order valence-corrected chi connectivity index (χ4v) is 15.1. The lowest BCUT2D eigenvalue weighted by atomic mass is 10.0. The summed E-state index contributed by atoms with van der Waals surface area (Å²) < 4.78 is 5.52. The molecule has 2 atom stereocenters. The van der Waals surface area contributed by atoms with Gasteiger partial charge in [0.05, 0.1) is 25.4 Å². The largest absolute Gasteiger partial charge is 0.466 e. The van der Waals surface area contributed by atoms with Gasteiger partial charge in [-0.05, 0) is 25.7 Å². The molecule has 6 heteroatoms. The van der Waals surface area contributed by atoms with Crippen LogP contribution < -0.4 is 5.32 Å². The Morgan fingerprint density at radius 1 is 0.250 bits per heavy atom. The van der Waals surface area contributed by atoms with Crippen molar-refractivity contribution in [3.8, 4) is 0 Å². The molecule has 0 radical (unpaired) electrons. The maximum Gasteiger partial charge on any atom is 0.305 e. The summed E-state index contributed by atoms with van der Waals surface area (Å²) in [6.45, 7) is 5.03. The molecule has 2 unspecified atom stereocenters. The highest BCUT2D eigenvalue weighted by Gasteiger charge is 2.20. The quantitative estimate of drug-likeness (QED) is 0.0417. The molecule has 0 aromatic carbocycles. The van der Waals surface area contributed by atoms with Crippen LogP contribution in [0.25, 0.3) is 0 Å². The Bertz CT molecular complexity index is 1420. The molecule has 0 aliphatic rings. The molecule has 1 amide bonds. The van der Waals surface area contributed by atoms with Crippen LogP contribution in [0.5, 0.6) is 0 Å². The number of carbonyl (C=O) groups excluding carboxylic acids is 2. The molecule has 0 aliphatic carbocycles. The molecule has 0 fully saturated rings. The number of hydrogen-bond donors (Lipinski definition) is 3. The van der Waals surface area contributed by atoms with Gasteiger partial charge in [-0.15, -0.1) is 0 Å². The third kappa shape index (κ3) is 81.8. The Labute approximate surface area is 604 Å². The number of aliphatic hydroxyl groups is 2. The van der Waals surface area contributed by atoms with Gasteiger partial charge in [0.1, 0.15) is 0 Å². The number of nitrogens with one attached hydrogen (secondary N) is 1. The molecule has 0 aromatic heterocycles. The van der Waals surface area contributed by atoms with Gasteiger partial charge in [0.25, 0.3) is 0 Å². The minimum atomic E-state index is -0.661. The van der Waals surface area contributed by atoms with Crippen molar-refractivity contribution in [2.75, 3.05) is 13.2 Å². The molecule has 574 valence electrons. The molecule has 6 nitrogen and oxygen atoms in total. The predicted molar refractivity (Wildman–Crippen MR) is 426 cm³/mol. The highest BCUT2D eigenvalue weighted by Crippen LogP contribution is 2.22. The fourth-order valence-electron chi connectivity index (χ4n) is 15.1. The van der Waals surface area contributed by atoms with Gasteiger partial charge in [-0.3, -0.25) is 9.59 Å². The van der Waals surface area contributed by atoms with Crippen LogP contribution in [0.1, 0.15) is 540 Å². The van der Waals surface area contributed by atoms with E-state index in [0.717, 1.165) is 38.5 Å². The molecule has 0 aromatic rings. The van der Waals surface area contributed by atoms with Gasteiger partial charge in [0.15, 0.2) is 0 Å². The lowest BCUT2D eigenvalue weighted by molar-refractivity contribution is -0.143. The van der Waals surface area contributed by atoms with Gasteiger partial charge >= 0.3 is 5.97 Å². The summed E-state index contributed by atoms with van der Waals surface area (Å²) in [7, 11) is 0. The van der Waals surface area contributed by atoms with Crippen LogP contribution in [-0.4, -0.2) is 47.4 Å². The van der Waals surface area contributed by atoms with Crippen LogP contribution in [0.3, 0.4) is 0 Å². The Morgan fingerprint density at radius 3 is 0.635 bits per heavy atom. The first-order chi connectivity index (χ1) is 47.5. The summed E-state index contributed by atoms with van der Waals surface area (Å²) in [4.78, 5) is 24.7. The molecule has 0 aliphatic heterocycles. The van der Waals surface area contributed by atoms with E-state index >= 15 is 0 Å². The molecule has 0 saturated heterocycles. The lowest BCUT2D eigenvalue weighted by Crippen LogP contribution is -2.45. The van der Waals surface area contributed by atoms with E-state index < -0.39 is 12.1 Å². The summed E-state index contributed by atoms with van der Waals surface area (Å²) in [6, 6.07) is -0.537. The zero-order valence-electron chi connectivity index (χ0n) is 66.2. The first-order valence-electron chi connectivity index (χ1n) is 45.3. The van der Waals surface area contributed by atoms with Crippen molar-refractivity contribution in [3.63, 3.8) is 0 Å². The summed E-state index contributed by atoms with van der Waals surface area (Å²) in [6.07, 6.45) is 110. The number of esters is 1. The molecule has 0 spiro atoms. The Morgan fingerprint density at radius 2 is 0.427 bits per heavy atom. The number of hydrogen-bond acceptors (Lipinski definition) is 5. The third-order valence-corrected chi connectivity index (χ3v) is 21.9. The molecular weight excluding hydrogens is 1170 g/mol. The number of unbranched alkanes of at least 4 members (excludes halogenated alkanes) is 76. The number of carbonyl (C=O) groups is 2. The summed E-state index contributed by atoms with van der Waals surface area (Å²) in [5.74, 6) is 0.00765. The topological polar surface area (TPSA) is 95.9 Å². The molecule has 96 heavy (non-hydrogen) atoms. The van der Waals surface area contributed by atoms with Crippen molar-refractivity contribution in [3.05, 3.63) is 0 Å². The van der Waals surface area contributed by atoms with Gasteiger partial charge < -0.3 is 20.3 Å². The van der Waals surface area contributed by atoms with Crippen LogP contribution in [0.2, 0.25) is 0 Å². The Balaban J connectivity index is 3.29. The van der Waals surface area contributed by atoms with E-state index in [9.17, 15) is 19.8 Å². The van der Waals surface area contributed by atoms with Crippen LogP contribution in [0.4, 0.5) is 0 Å². The lowest BCUT2D eigenvalue weighted by Gasteiger charge is -2.22. The fraction of sp³-hybridized carbons (Fsp3) is 0.978. The van der Waals surface area contributed by atoms with Crippen LogP contribution in [0.15, 0.2) is 0 Å². The first-order valence-corrected chi connectivity index (χ1v) is 45.3. The zero-order valence-corrected chi connectivity index (χ0v) is 66.2. The summed E-state index contributed by atoms with van der Waals surface area (Å²) in [5.41, 5.74) is 0. The second-order valence-electron chi connectivity index (χ2n) is 31.7. The number of rotatable bonds is 87. The molecule has 0 saturated carbocycles. The van der Waals surface area contributed by atoms with E-state index in [4.69, 9.17) is 4.74 Å². The van der Waals surface area contributed by atoms with Gasteiger partial charge in [-0.25, -0.2) is 0 Å². The molecule has 0 bridgehead atoms.